The normalized spacial score (nSPS) is 15.8. The van der Waals surface area contributed by atoms with E-state index in [-0.39, 0.29) is 11.8 Å². The summed E-state index contributed by atoms with van der Waals surface area (Å²) in [6.07, 6.45) is 4.56. The Morgan fingerprint density at radius 1 is 0.909 bits per heavy atom. The van der Waals surface area contributed by atoms with Gasteiger partial charge >= 0.3 is 0 Å². The maximum atomic E-state index is 12.5. The monoisotopic (exact) mass is 321 g/mol. The van der Waals surface area contributed by atoms with Crippen LogP contribution in [0.5, 0.6) is 0 Å². The van der Waals surface area contributed by atoms with Gasteiger partial charge in [0.1, 0.15) is 0 Å². The molecule has 1 aromatic rings. The predicted octanol–water partition coefficient (Wildman–Crippen LogP) is 4.81. The van der Waals surface area contributed by atoms with Crippen LogP contribution in [0, 0.1) is 25.7 Å². The van der Waals surface area contributed by atoms with E-state index < -0.39 is 0 Å². The molecule has 22 heavy (non-hydrogen) atoms. The molecule has 0 radical (unpaired) electrons. The average Bonchev–Trinajstić information content (AvgIpc) is 2.85. The van der Waals surface area contributed by atoms with Crippen LogP contribution in [-0.2, 0) is 0 Å². The summed E-state index contributed by atoms with van der Waals surface area (Å²) >= 11 is 1.55. The molecule has 0 bridgehead atoms. The van der Waals surface area contributed by atoms with Crippen molar-refractivity contribution in [1.82, 2.24) is 4.90 Å². The van der Waals surface area contributed by atoms with Gasteiger partial charge in [-0.25, -0.2) is 0 Å². The first-order chi connectivity index (χ1) is 10.3. The summed E-state index contributed by atoms with van der Waals surface area (Å²) in [7, 11) is 0. The smallest absolute Gasteiger partial charge is 0.262 e. The standard InChI is InChI=1S/C18H27NO2S/c1-11(2)7-6-8-12(3)9-10-19-17(20)15-13(4)22-14(5)16(15)18(19)21/h11-12H,6-10H2,1-5H3. The second-order valence-corrected chi connectivity index (χ2v) is 8.37. The summed E-state index contributed by atoms with van der Waals surface area (Å²) < 4.78 is 0. The molecule has 0 saturated heterocycles. The van der Waals surface area contributed by atoms with E-state index in [9.17, 15) is 9.59 Å². The van der Waals surface area contributed by atoms with Crippen LogP contribution < -0.4 is 0 Å². The zero-order valence-corrected chi connectivity index (χ0v) is 15.2. The number of rotatable bonds is 7. The van der Waals surface area contributed by atoms with Crippen molar-refractivity contribution < 1.29 is 9.59 Å². The number of nitrogens with zero attached hydrogens (tertiary/aromatic N) is 1. The zero-order chi connectivity index (χ0) is 16.4. The molecule has 0 N–H and O–H groups in total. The zero-order valence-electron chi connectivity index (χ0n) is 14.4. The first kappa shape index (κ1) is 17.2. The number of thiophene rings is 1. The second-order valence-electron chi connectivity index (χ2n) is 6.94. The van der Waals surface area contributed by atoms with Crippen molar-refractivity contribution in [3.63, 3.8) is 0 Å². The van der Waals surface area contributed by atoms with Crippen LogP contribution in [0.3, 0.4) is 0 Å². The molecule has 3 nitrogen and oxygen atoms in total. The number of aryl methyl sites for hydroxylation is 2. The van der Waals surface area contributed by atoms with E-state index in [0.717, 1.165) is 22.1 Å². The van der Waals surface area contributed by atoms with Crippen LogP contribution in [0.4, 0.5) is 0 Å². The molecular formula is C18H27NO2S. The number of hydrogen-bond acceptors (Lipinski definition) is 3. The summed E-state index contributed by atoms with van der Waals surface area (Å²) in [5.41, 5.74) is 1.31. The molecule has 1 unspecified atom stereocenters. The van der Waals surface area contributed by atoms with E-state index in [1.54, 1.807) is 11.3 Å². The molecule has 122 valence electrons. The lowest BCUT2D eigenvalue weighted by Crippen LogP contribution is -2.32. The molecule has 0 fully saturated rings. The molecule has 1 aliphatic rings. The Morgan fingerprint density at radius 2 is 1.45 bits per heavy atom. The summed E-state index contributed by atoms with van der Waals surface area (Å²) in [5, 5.41) is 0. The molecule has 0 aromatic carbocycles. The van der Waals surface area contributed by atoms with Crippen molar-refractivity contribution in [2.45, 2.75) is 60.3 Å². The van der Waals surface area contributed by atoms with Gasteiger partial charge < -0.3 is 0 Å². The predicted molar refractivity (Wildman–Crippen MR) is 91.6 cm³/mol. The van der Waals surface area contributed by atoms with E-state index in [1.807, 2.05) is 13.8 Å². The topological polar surface area (TPSA) is 37.4 Å². The largest absolute Gasteiger partial charge is 0.274 e. The summed E-state index contributed by atoms with van der Waals surface area (Å²) in [5.74, 6) is 1.13. The summed E-state index contributed by atoms with van der Waals surface area (Å²) in [6.45, 7) is 11.1. The number of carbonyl (C=O) groups excluding carboxylic acids is 2. The summed E-state index contributed by atoms with van der Waals surface area (Å²) in [6, 6.07) is 0. The van der Waals surface area contributed by atoms with E-state index in [1.165, 1.54) is 24.2 Å². The number of hydrogen-bond donors (Lipinski definition) is 0. The Kier molecular flexibility index (Phi) is 5.43. The molecule has 1 atom stereocenters. The van der Waals surface area contributed by atoms with Gasteiger partial charge in [-0.05, 0) is 32.1 Å². The molecule has 2 rings (SSSR count). The fraction of sp³-hybridized carbons (Fsp3) is 0.667. The second kappa shape index (κ2) is 6.95. The SMILES string of the molecule is Cc1sc(C)c2c1C(=O)N(CCC(C)CCCC(C)C)C2=O. The van der Waals surface area contributed by atoms with E-state index >= 15 is 0 Å². The van der Waals surface area contributed by atoms with Crippen molar-refractivity contribution >= 4 is 23.2 Å². The first-order valence-electron chi connectivity index (χ1n) is 8.29. The number of amides is 2. The van der Waals surface area contributed by atoms with Crippen molar-refractivity contribution in [1.29, 1.82) is 0 Å². The Labute approximate surface area is 137 Å². The third kappa shape index (κ3) is 3.43. The van der Waals surface area contributed by atoms with Gasteiger partial charge in [0, 0.05) is 16.3 Å². The molecule has 2 heterocycles. The van der Waals surface area contributed by atoms with E-state index in [4.69, 9.17) is 0 Å². The number of carbonyl (C=O) groups is 2. The molecular weight excluding hydrogens is 294 g/mol. The van der Waals surface area contributed by atoms with Crippen LogP contribution in [0.1, 0.15) is 76.9 Å². The highest BCUT2D eigenvalue weighted by molar-refractivity contribution is 7.12. The van der Waals surface area contributed by atoms with Crippen LogP contribution >= 0.6 is 11.3 Å². The molecule has 2 amide bonds. The minimum Gasteiger partial charge on any atom is -0.274 e. The lowest BCUT2D eigenvalue weighted by molar-refractivity contribution is 0.0645. The number of fused-ring (bicyclic) bond motifs is 1. The van der Waals surface area contributed by atoms with Gasteiger partial charge in [0.2, 0.25) is 0 Å². The fourth-order valence-corrected chi connectivity index (χ4v) is 4.17. The third-order valence-corrected chi connectivity index (χ3v) is 5.52. The van der Waals surface area contributed by atoms with Gasteiger partial charge in [0.05, 0.1) is 11.1 Å². The highest BCUT2D eigenvalue weighted by atomic mass is 32.1. The Hall–Kier alpha value is -1.16. The number of imide groups is 1. The minimum atomic E-state index is -0.0868. The van der Waals surface area contributed by atoms with Gasteiger partial charge in [0.15, 0.2) is 0 Å². The van der Waals surface area contributed by atoms with Crippen molar-refractivity contribution in [3.8, 4) is 0 Å². The average molecular weight is 321 g/mol. The van der Waals surface area contributed by atoms with Crippen molar-refractivity contribution in [2.75, 3.05) is 6.54 Å². The highest BCUT2D eigenvalue weighted by Gasteiger charge is 2.39. The van der Waals surface area contributed by atoms with Gasteiger partial charge in [-0.1, -0.05) is 40.0 Å². The summed E-state index contributed by atoms with van der Waals surface area (Å²) in [4.78, 5) is 28.3. The Balaban J connectivity index is 1.91. The third-order valence-electron chi connectivity index (χ3n) is 4.50. The maximum Gasteiger partial charge on any atom is 0.262 e. The maximum absolute atomic E-state index is 12.5. The quantitative estimate of drug-likeness (QED) is 0.676. The van der Waals surface area contributed by atoms with Crippen molar-refractivity contribution in [3.05, 3.63) is 20.9 Å². The minimum absolute atomic E-state index is 0.0868. The van der Waals surface area contributed by atoms with E-state index in [2.05, 4.69) is 20.8 Å². The van der Waals surface area contributed by atoms with Gasteiger partial charge in [-0.15, -0.1) is 11.3 Å². The molecule has 1 aromatic heterocycles. The molecule has 0 spiro atoms. The Bertz CT molecular complexity index is 537. The first-order valence-corrected chi connectivity index (χ1v) is 9.10. The van der Waals surface area contributed by atoms with Crippen LogP contribution in [-0.4, -0.2) is 23.3 Å². The van der Waals surface area contributed by atoms with Gasteiger partial charge in [-0.2, -0.15) is 0 Å². The molecule has 0 saturated carbocycles. The van der Waals surface area contributed by atoms with E-state index in [0.29, 0.717) is 23.6 Å². The molecule has 1 aliphatic heterocycles. The van der Waals surface area contributed by atoms with Crippen LogP contribution in [0.2, 0.25) is 0 Å². The van der Waals surface area contributed by atoms with Gasteiger partial charge in [0.25, 0.3) is 11.8 Å². The van der Waals surface area contributed by atoms with Gasteiger partial charge in [-0.3, -0.25) is 14.5 Å². The lowest BCUT2D eigenvalue weighted by atomic mass is 9.97. The fourth-order valence-electron chi connectivity index (χ4n) is 3.13. The molecule has 0 aliphatic carbocycles. The van der Waals surface area contributed by atoms with Crippen LogP contribution in [0.25, 0.3) is 0 Å². The van der Waals surface area contributed by atoms with Crippen molar-refractivity contribution in [2.24, 2.45) is 11.8 Å². The molecule has 4 heteroatoms. The highest BCUT2D eigenvalue weighted by Crippen LogP contribution is 2.34. The Morgan fingerprint density at radius 3 is 1.95 bits per heavy atom. The van der Waals surface area contributed by atoms with Crippen LogP contribution in [0.15, 0.2) is 0 Å². The lowest BCUT2D eigenvalue weighted by Gasteiger charge is -2.18.